The number of aromatic nitrogens is 1. The Hall–Kier alpha value is -3.09. The smallest absolute Gasteiger partial charge is 0.270 e. The first-order valence-corrected chi connectivity index (χ1v) is 12.8. The molecule has 2 aromatic rings. The normalized spacial score (nSPS) is 14.5. The topological polar surface area (TPSA) is 78.6 Å². The number of thioether (sulfide) groups is 1. The molecule has 0 radical (unpaired) electrons. The minimum Gasteiger partial charge on any atom is -0.497 e. The molecular weight excluding hydrogens is 480 g/mol. The summed E-state index contributed by atoms with van der Waals surface area (Å²) in [6.45, 7) is 9.94. The molecule has 1 aromatic heterocycles. The fourth-order valence-corrected chi connectivity index (χ4v) is 5.45. The van der Waals surface area contributed by atoms with Gasteiger partial charge in [-0.05, 0) is 63.5 Å². The summed E-state index contributed by atoms with van der Waals surface area (Å²) in [5, 5.41) is 9.69. The predicted molar refractivity (Wildman–Crippen MR) is 146 cm³/mol. The van der Waals surface area contributed by atoms with Crippen LogP contribution in [0.15, 0.2) is 34.0 Å². The molecule has 0 aliphatic carbocycles. The maximum atomic E-state index is 13.3. The van der Waals surface area contributed by atoms with Crippen LogP contribution in [0.3, 0.4) is 0 Å². The Bertz CT molecular complexity index is 1260. The highest BCUT2D eigenvalue weighted by molar-refractivity contribution is 8.26. The third kappa shape index (κ3) is 5.29. The molecule has 1 aliphatic rings. The minimum absolute atomic E-state index is 0.101. The van der Waals surface area contributed by atoms with Gasteiger partial charge in [0.15, 0.2) is 0 Å². The first-order valence-electron chi connectivity index (χ1n) is 11.6. The van der Waals surface area contributed by atoms with Gasteiger partial charge in [0.2, 0.25) is 0 Å². The van der Waals surface area contributed by atoms with Gasteiger partial charge in [-0.1, -0.05) is 36.1 Å². The molecule has 0 atom stereocenters. The summed E-state index contributed by atoms with van der Waals surface area (Å²) in [6.07, 6.45) is 2.45. The molecule has 7 nitrogen and oxygen atoms in total. The number of ether oxygens (including phenoxy) is 1. The van der Waals surface area contributed by atoms with Gasteiger partial charge in [0.05, 0.1) is 12.0 Å². The van der Waals surface area contributed by atoms with Crippen molar-refractivity contribution in [2.45, 2.75) is 40.7 Å². The van der Waals surface area contributed by atoms with Crippen molar-refractivity contribution in [3.05, 3.63) is 61.8 Å². The van der Waals surface area contributed by atoms with Crippen molar-refractivity contribution in [3.8, 4) is 11.8 Å². The standard InChI is InChI=1S/C26H30N4O3S2/c1-6-28(7-2)23-20(17(4)21(16-27)24(31)29(23)8-3)15-22-25(32)30(26(34)35-22)14-13-18-9-11-19(33-5)12-10-18/h9-12,15H,6-8,13-14H2,1-5H3/b22-15-. The maximum absolute atomic E-state index is 13.3. The van der Waals surface area contributed by atoms with Crippen LogP contribution in [0.5, 0.6) is 5.75 Å². The maximum Gasteiger partial charge on any atom is 0.270 e. The Kier molecular flexibility index (Phi) is 8.76. The lowest BCUT2D eigenvalue weighted by Gasteiger charge is -2.28. The molecule has 184 valence electrons. The molecule has 0 bridgehead atoms. The highest BCUT2D eigenvalue weighted by Gasteiger charge is 2.33. The molecule has 0 N–H and O–H groups in total. The van der Waals surface area contributed by atoms with Gasteiger partial charge >= 0.3 is 0 Å². The van der Waals surface area contributed by atoms with E-state index in [9.17, 15) is 14.9 Å². The summed E-state index contributed by atoms with van der Waals surface area (Å²) in [7, 11) is 1.63. The van der Waals surface area contributed by atoms with Crippen LogP contribution < -0.4 is 15.2 Å². The summed E-state index contributed by atoms with van der Waals surface area (Å²) in [5.41, 5.74) is 2.16. The van der Waals surface area contributed by atoms with Crippen molar-refractivity contribution in [3.63, 3.8) is 0 Å². The Morgan fingerprint density at radius 3 is 2.37 bits per heavy atom. The van der Waals surface area contributed by atoms with E-state index in [0.29, 0.717) is 53.0 Å². The van der Waals surface area contributed by atoms with Crippen LogP contribution >= 0.6 is 24.0 Å². The highest BCUT2D eigenvalue weighted by atomic mass is 32.2. The van der Waals surface area contributed by atoms with E-state index in [-0.39, 0.29) is 17.0 Å². The van der Waals surface area contributed by atoms with E-state index in [2.05, 4.69) is 11.0 Å². The summed E-state index contributed by atoms with van der Waals surface area (Å²) >= 11 is 6.79. The average Bonchev–Trinajstić information content (AvgIpc) is 3.13. The van der Waals surface area contributed by atoms with E-state index in [0.717, 1.165) is 17.1 Å². The number of hydrogen-bond donors (Lipinski definition) is 0. The van der Waals surface area contributed by atoms with Gasteiger partial charge in [0, 0.05) is 31.7 Å². The largest absolute Gasteiger partial charge is 0.497 e. The molecule has 3 rings (SSSR count). The molecule has 1 amide bonds. The number of carbonyl (C=O) groups excluding carboxylic acids is 1. The molecule has 1 saturated heterocycles. The minimum atomic E-state index is -0.307. The Morgan fingerprint density at radius 2 is 1.83 bits per heavy atom. The Balaban J connectivity index is 2.00. The molecular formula is C26H30N4O3S2. The molecule has 1 aromatic carbocycles. The number of amides is 1. The van der Waals surface area contributed by atoms with Crippen LogP contribution in [0.25, 0.3) is 6.08 Å². The first kappa shape index (κ1) is 26.5. The zero-order valence-corrected chi connectivity index (χ0v) is 22.4. The van der Waals surface area contributed by atoms with Crippen molar-refractivity contribution < 1.29 is 9.53 Å². The summed E-state index contributed by atoms with van der Waals surface area (Å²) < 4.78 is 7.32. The molecule has 2 heterocycles. The second kappa shape index (κ2) is 11.6. The predicted octanol–water partition coefficient (Wildman–Crippen LogP) is 4.35. The van der Waals surface area contributed by atoms with Crippen molar-refractivity contribution >= 4 is 46.1 Å². The number of benzene rings is 1. The fraction of sp³-hybridized carbons (Fsp3) is 0.385. The zero-order chi connectivity index (χ0) is 25.7. The third-order valence-corrected chi connectivity index (χ3v) is 7.54. The molecule has 1 fully saturated rings. The van der Waals surface area contributed by atoms with Crippen LogP contribution in [-0.4, -0.2) is 46.4 Å². The SMILES string of the molecule is CCN(CC)c1c(/C=C2\SC(=S)N(CCc3ccc(OC)cc3)C2=O)c(C)c(C#N)c(=O)n1CC. The van der Waals surface area contributed by atoms with Gasteiger partial charge in [0.1, 0.15) is 27.5 Å². The van der Waals surface area contributed by atoms with E-state index >= 15 is 0 Å². The number of pyridine rings is 1. The van der Waals surface area contributed by atoms with Gasteiger partial charge in [-0.15, -0.1) is 0 Å². The van der Waals surface area contributed by atoms with Crippen LogP contribution in [0.1, 0.15) is 43.0 Å². The molecule has 0 spiro atoms. The Labute approximate surface area is 216 Å². The molecule has 0 saturated carbocycles. The number of nitriles is 1. The van der Waals surface area contributed by atoms with Crippen molar-refractivity contribution in [1.29, 1.82) is 5.26 Å². The molecule has 0 unspecified atom stereocenters. The van der Waals surface area contributed by atoms with E-state index in [1.807, 2.05) is 45.0 Å². The van der Waals surface area contributed by atoms with Gasteiger partial charge in [-0.2, -0.15) is 5.26 Å². The number of thiocarbonyl (C=S) groups is 1. The quantitative estimate of drug-likeness (QED) is 0.367. The molecule has 9 heteroatoms. The van der Waals surface area contributed by atoms with Crippen LogP contribution in [-0.2, 0) is 17.8 Å². The fourth-order valence-electron chi connectivity index (χ4n) is 4.16. The lowest BCUT2D eigenvalue weighted by molar-refractivity contribution is -0.122. The van der Waals surface area contributed by atoms with E-state index in [1.54, 1.807) is 29.6 Å². The zero-order valence-electron chi connectivity index (χ0n) is 20.8. The number of methoxy groups -OCH3 is 1. The van der Waals surface area contributed by atoms with Crippen LogP contribution in [0.4, 0.5) is 5.82 Å². The summed E-state index contributed by atoms with van der Waals surface area (Å²) in [4.78, 5) is 30.5. The summed E-state index contributed by atoms with van der Waals surface area (Å²) in [5.74, 6) is 1.35. The highest BCUT2D eigenvalue weighted by Crippen LogP contribution is 2.36. The first-order chi connectivity index (χ1) is 16.8. The lowest BCUT2D eigenvalue weighted by Crippen LogP contribution is -2.34. The third-order valence-electron chi connectivity index (χ3n) is 6.16. The van der Waals surface area contributed by atoms with Crippen LogP contribution in [0, 0.1) is 18.3 Å². The number of carbonyl (C=O) groups is 1. The number of nitrogens with zero attached hydrogens (tertiary/aromatic N) is 4. The van der Waals surface area contributed by atoms with Crippen molar-refractivity contribution in [2.24, 2.45) is 0 Å². The Morgan fingerprint density at radius 1 is 1.17 bits per heavy atom. The lowest BCUT2D eigenvalue weighted by atomic mass is 10.0. The van der Waals surface area contributed by atoms with E-state index in [4.69, 9.17) is 17.0 Å². The van der Waals surface area contributed by atoms with Gasteiger partial charge in [-0.25, -0.2) is 0 Å². The van der Waals surface area contributed by atoms with Gasteiger partial charge < -0.3 is 9.64 Å². The summed E-state index contributed by atoms with van der Waals surface area (Å²) in [6, 6.07) is 9.81. The van der Waals surface area contributed by atoms with E-state index in [1.165, 1.54) is 11.8 Å². The molecule has 35 heavy (non-hydrogen) atoms. The van der Waals surface area contributed by atoms with Gasteiger partial charge in [-0.3, -0.25) is 19.1 Å². The van der Waals surface area contributed by atoms with E-state index < -0.39 is 0 Å². The molecule has 1 aliphatic heterocycles. The van der Waals surface area contributed by atoms with Crippen molar-refractivity contribution in [2.75, 3.05) is 31.6 Å². The monoisotopic (exact) mass is 510 g/mol. The number of hydrogen-bond acceptors (Lipinski definition) is 7. The van der Waals surface area contributed by atoms with Crippen LogP contribution in [0.2, 0.25) is 0 Å². The number of anilines is 1. The average molecular weight is 511 g/mol. The van der Waals surface area contributed by atoms with Gasteiger partial charge in [0.25, 0.3) is 11.5 Å². The van der Waals surface area contributed by atoms with Crippen molar-refractivity contribution in [1.82, 2.24) is 9.47 Å². The second-order valence-electron chi connectivity index (χ2n) is 8.00. The second-order valence-corrected chi connectivity index (χ2v) is 9.68. The number of rotatable bonds is 9.